The van der Waals surface area contributed by atoms with Crippen molar-refractivity contribution in [1.82, 2.24) is 9.62 Å². The van der Waals surface area contributed by atoms with Crippen LogP contribution >= 0.6 is 0 Å². The van der Waals surface area contributed by atoms with Crippen molar-refractivity contribution in [3.8, 4) is 0 Å². The normalized spacial score (nSPS) is 22.0. The molecule has 24 heavy (non-hydrogen) atoms. The third kappa shape index (κ3) is 5.22. The van der Waals surface area contributed by atoms with E-state index in [1.165, 1.54) is 12.1 Å². The maximum Gasteiger partial charge on any atom is 0.243 e. The fraction of sp³-hybridized carbons (Fsp3) is 0.625. The Balaban J connectivity index is 2.07. The Kier molecular flexibility index (Phi) is 6.70. The number of nitrogens with one attached hydrogen (secondary N) is 1. The molecule has 136 valence electrons. The number of halogens is 1. The monoisotopic (exact) mass is 360 g/mol. The molecule has 1 aromatic carbocycles. The van der Waals surface area contributed by atoms with Gasteiger partial charge in [-0.2, -0.15) is 0 Å². The van der Waals surface area contributed by atoms with Gasteiger partial charge in [-0.25, -0.2) is 17.5 Å². The van der Waals surface area contributed by atoms with E-state index in [2.05, 4.69) is 4.72 Å². The predicted octanol–water partition coefficient (Wildman–Crippen LogP) is 1.15. The van der Waals surface area contributed by atoms with E-state index in [1.54, 1.807) is 13.0 Å². The fourth-order valence-electron chi connectivity index (χ4n) is 2.48. The largest absolute Gasteiger partial charge is 0.379 e. The van der Waals surface area contributed by atoms with Crippen molar-refractivity contribution in [2.75, 3.05) is 40.5 Å². The summed E-state index contributed by atoms with van der Waals surface area (Å²) in [7, 11) is -0.0893. The first-order valence-electron chi connectivity index (χ1n) is 7.92. The Bertz CT molecular complexity index is 651. The molecule has 0 aliphatic carbocycles. The molecule has 0 aromatic heterocycles. The van der Waals surface area contributed by atoms with E-state index in [-0.39, 0.29) is 11.0 Å². The second kappa shape index (κ2) is 8.35. The van der Waals surface area contributed by atoms with Crippen molar-refractivity contribution in [1.29, 1.82) is 0 Å². The standard InChI is InChI=1S/C16H25FN2O4S/c1-12-4-5-16(13(17)10-12)24(20,21)18-14-6-8-22-11-15(14)23-9-7-19(2)3/h4-5,10,14-15,18H,6-9,11H2,1-3H3/t14-,15-/m1/s1. The van der Waals surface area contributed by atoms with Crippen LogP contribution in [0.5, 0.6) is 0 Å². The van der Waals surface area contributed by atoms with Crippen molar-refractivity contribution < 1.29 is 22.3 Å². The van der Waals surface area contributed by atoms with Crippen LogP contribution in [-0.2, 0) is 19.5 Å². The van der Waals surface area contributed by atoms with E-state index < -0.39 is 21.9 Å². The average Bonchev–Trinajstić information content (AvgIpc) is 2.48. The van der Waals surface area contributed by atoms with Gasteiger partial charge in [0.1, 0.15) is 10.7 Å². The van der Waals surface area contributed by atoms with Crippen LogP contribution in [0.2, 0.25) is 0 Å². The van der Waals surface area contributed by atoms with Crippen LogP contribution in [0.4, 0.5) is 4.39 Å². The molecule has 0 spiro atoms. The van der Waals surface area contributed by atoms with Crippen LogP contribution < -0.4 is 4.72 Å². The molecule has 1 aliphatic heterocycles. The molecule has 1 heterocycles. The maximum atomic E-state index is 14.0. The van der Waals surface area contributed by atoms with Gasteiger partial charge in [0.05, 0.1) is 25.4 Å². The molecule has 2 atom stereocenters. The molecular formula is C16H25FN2O4S. The Labute approximate surface area is 143 Å². The van der Waals surface area contributed by atoms with Crippen LogP contribution in [0.1, 0.15) is 12.0 Å². The van der Waals surface area contributed by atoms with Gasteiger partial charge in [0.25, 0.3) is 0 Å². The molecule has 8 heteroatoms. The van der Waals surface area contributed by atoms with Crippen molar-refractivity contribution >= 4 is 10.0 Å². The highest BCUT2D eigenvalue weighted by atomic mass is 32.2. The molecule has 2 rings (SSSR count). The molecule has 1 fully saturated rings. The number of hydrogen-bond donors (Lipinski definition) is 1. The number of benzene rings is 1. The number of ether oxygens (including phenoxy) is 2. The van der Waals surface area contributed by atoms with Gasteiger partial charge in [-0.3, -0.25) is 0 Å². The lowest BCUT2D eigenvalue weighted by Gasteiger charge is -2.32. The molecule has 0 radical (unpaired) electrons. The maximum absolute atomic E-state index is 14.0. The van der Waals surface area contributed by atoms with Crippen molar-refractivity contribution in [2.24, 2.45) is 0 Å². The lowest BCUT2D eigenvalue weighted by molar-refractivity contribution is -0.0665. The number of likely N-dealkylation sites (N-methyl/N-ethyl adjacent to an activating group) is 1. The van der Waals surface area contributed by atoms with Crippen LogP contribution in [0, 0.1) is 12.7 Å². The number of aryl methyl sites for hydroxylation is 1. The molecule has 1 saturated heterocycles. The average molecular weight is 360 g/mol. The van der Waals surface area contributed by atoms with E-state index in [0.717, 1.165) is 6.54 Å². The van der Waals surface area contributed by atoms with E-state index in [9.17, 15) is 12.8 Å². The summed E-state index contributed by atoms with van der Waals surface area (Å²) in [4.78, 5) is 1.64. The zero-order valence-corrected chi connectivity index (χ0v) is 15.1. The first kappa shape index (κ1) is 19.3. The van der Waals surface area contributed by atoms with Gasteiger partial charge in [-0.15, -0.1) is 0 Å². The summed E-state index contributed by atoms with van der Waals surface area (Å²) >= 11 is 0. The molecule has 0 unspecified atom stereocenters. The van der Waals surface area contributed by atoms with Crippen molar-refractivity contribution in [3.05, 3.63) is 29.6 Å². The summed E-state index contributed by atoms with van der Waals surface area (Å²) in [6.07, 6.45) is 0.0984. The Morgan fingerprint density at radius 1 is 1.42 bits per heavy atom. The molecule has 1 aromatic rings. The quantitative estimate of drug-likeness (QED) is 0.790. The number of nitrogens with zero attached hydrogens (tertiary/aromatic N) is 1. The molecule has 1 N–H and O–H groups in total. The van der Waals surface area contributed by atoms with Gasteiger partial charge < -0.3 is 14.4 Å². The summed E-state index contributed by atoms with van der Waals surface area (Å²) in [6, 6.07) is 3.64. The molecule has 1 aliphatic rings. The highest BCUT2D eigenvalue weighted by Crippen LogP contribution is 2.19. The summed E-state index contributed by atoms with van der Waals surface area (Å²) < 4.78 is 52.7. The van der Waals surface area contributed by atoms with Gasteiger partial charge >= 0.3 is 0 Å². The van der Waals surface area contributed by atoms with Gasteiger partial charge in [0.15, 0.2) is 0 Å². The Hall–Kier alpha value is -1.06. The smallest absolute Gasteiger partial charge is 0.243 e. The third-order valence-corrected chi connectivity index (χ3v) is 5.38. The van der Waals surface area contributed by atoms with E-state index in [4.69, 9.17) is 9.47 Å². The van der Waals surface area contributed by atoms with E-state index >= 15 is 0 Å². The minimum absolute atomic E-state index is 0.316. The van der Waals surface area contributed by atoms with E-state index in [0.29, 0.717) is 31.8 Å². The fourth-order valence-corrected chi connectivity index (χ4v) is 3.84. The molecule has 0 bridgehead atoms. The minimum atomic E-state index is -3.95. The summed E-state index contributed by atoms with van der Waals surface area (Å²) in [5, 5.41) is 0. The second-order valence-electron chi connectivity index (χ2n) is 6.24. The number of rotatable bonds is 7. The van der Waals surface area contributed by atoms with Crippen molar-refractivity contribution in [3.63, 3.8) is 0 Å². The van der Waals surface area contributed by atoms with Crippen molar-refractivity contribution in [2.45, 2.75) is 30.4 Å². The summed E-state index contributed by atoms with van der Waals surface area (Å²) in [5.41, 5.74) is 0.669. The van der Waals surface area contributed by atoms with Crippen LogP contribution in [0.3, 0.4) is 0 Å². The zero-order valence-electron chi connectivity index (χ0n) is 14.3. The van der Waals surface area contributed by atoms with Gasteiger partial charge in [-0.1, -0.05) is 6.07 Å². The molecular weight excluding hydrogens is 335 g/mol. The van der Waals surface area contributed by atoms with Crippen LogP contribution in [0.15, 0.2) is 23.1 Å². The van der Waals surface area contributed by atoms with Gasteiger partial charge in [-0.05, 0) is 45.1 Å². The molecule has 6 nitrogen and oxygen atoms in total. The van der Waals surface area contributed by atoms with E-state index in [1.807, 2.05) is 19.0 Å². The minimum Gasteiger partial charge on any atom is -0.379 e. The summed E-state index contributed by atoms with van der Waals surface area (Å²) in [5.74, 6) is -0.750. The summed E-state index contributed by atoms with van der Waals surface area (Å²) in [6.45, 7) is 3.66. The van der Waals surface area contributed by atoms with Crippen LogP contribution in [-0.4, -0.2) is 65.9 Å². The lowest BCUT2D eigenvalue weighted by atomic mass is 10.1. The van der Waals surface area contributed by atoms with Gasteiger partial charge in [0, 0.05) is 13.2 Å². The lowest BCUT2D eigenvalue weighted by Crippen LogP contribution is -2.50. The zero-order chi connectivity index (χ0) is 17.7. The molecule has 0 saturated carbocycles. The first-order valence-corrected chi connectivity index (χ1v) is 9.40. The predicted molar refractivity (Wildman–Crippen MR) is 89.0 cm³/mol. The Morgan fingerprint density at radius 2 is 2.17 bits per heavy atom. The Morgan fingerprint density at radius 3 is 2.83 bits per heavy atom. The SMILES string of the molecule is Cc1ccc(S(=O)(=O)N[C@@H]2CCOC[C@H]2OCCN(C)C)c(F)c1. The highest BCUT2D eigenvalue weighted by Gasteiger charge is 2.31. The first-order chi connectivity index (χ1) is 11.3. The number of hydrogen-bond acceptors (Lipinski definition) is 5. The second-order valence-corrected chi connectivity index (χ2v) is 7.92. The highest BCUT2D eigenvalue weighted by molar-refractivity contribution is 7.89. The molecule has 0 amide bonds. The topological polar surface area (TPSA) is 67.9 Å². The third-order valence-electron chi connectivity index (χ3n) is 3.86. The van der Waals surface area contributed by atoms with Crippen LogP contribution in [0.25, 0.3) is 0 Å². The number of sulfonamides is 1. The van der Waals surface area contributed by atoms with Gasteiger partial charge in [0.2, 0.25) is 10.0 Å².